The van der Waals surface area contributed by atoms with Crippen molar-refractivity contribution in [3.8, 4) is 29.1 Å². The van der Waals surface area contributed by atoms with Gasteiger partial charge >= 0.3 is 0 Å². The number of rotatable bonds is 3. The minimum atomic E-state index is -0.624. The molecule has 4 atom stereocenters. The second-order valence-corrected chi connectivity index (χ2v) is 9.45. The van der Waals surface area contributed by atoms with Crippen molar-refractivity contribution in [2.45, 2.75) is 37.3 Å². The first-order valence-electron chi connectivity index (χ1n) is 11.7. The Hall–Kier alpha value is -2.67. The van der Waals surface area contributed by atoms with Crippen molar-refractivity contribution in [3.63, 3.8) is 0 Å². The zero-order valence-electron chi connectivity index (χ0n) is 18.5. The zero-order chi connectivity index (χ0) is 23.1. The number of piperidine rings is 1. The first kappa shape index (κ1) is 21.8. The summed E-state index contributed by atoms with van der Waals surface area (Å²) >= 11 is 6.56. The molecular weight excluding hydrogens is 456 g/mol. The Labute approximate surface area is 202 Å². The molecule has 8 nitrogen and oxygen atoms in total. The number of nitrogens with zero attached hydrogens (tertiary/aromatic N) is 2. The number of nitrogens with two attached hydrogens (primary N) is 1. The van der Waals surface area contributed by atoms with Crippen LogP contribution >= 0.6 is 11.6 Å². The summed E-state index contributed by atoms with van der Waals surface area (Å²) in [4.78, 5) is 12.3. The van der Waals surface area contributed by atoms with E-state index in [0.717, 1.165) is 37.1 Å². The minimum Gasteiger partial charge on any atom is -0.456 e. The molecule has 0 bridgehead atoms. The number of pyridine rings is 1. The predicted molar refractivity (Wildman–Crippen MR) is 125 cm³/mol. The largest absolute Gasteiger partial charge is 0.456 e. The number of aliphatic hydroxyl groups is 1. The van der Waals surface area contributed by atoms with Crippen LogP contribution in [0.5, 0.6) is 6.01 Å². The fourth-order valence-corrected chi connectivity index (χ4v) is 5.07. The summed E-state index contributed by atoms with van der Waals surface area (Å²) in [6.07, 6.45) is 0.669. The van der Waals surface area contributed by atoms with Crippen molar-refractivity contribution in [2.75, 3.05) is 26.3 Å². The Balaban J connectivity index is 1.19. The van der Waals surface area contributed by atoms with Crippen LogP contribution in [0.25, 0.3) is 22.4 Å². The van der Waals surface area contributed by atoms with Crippen LogP contribution in [-0.4, -0.2) is 70.8 Å². The van der Waals surface area contributed by atoms with Crippen LogP contribution in [0, 0.1) is 17.8 Å². The molecule has 2 aromatic heterocycles. The van der Waals surface area contributed by atoms with Gasteiger partial charge in [0, 0.05) is 29.9 Å². The van der Waals surface area contributed by atoms with Gasteiger partial charge in [0.15, 0.2) is 11.8 Å². The highest BCUT2D eigenvalue weighted by Gasteiger charge is 2.48. The molecule has 1 aromatic carbocycles. The molecule has 176 valence electrons. The lowest BCUT2D eigenvalue weighted by molar-refractivity contribution is -0.664. The molecular formula is C25H26ClN4O4+. The predicted octanol–water partition coefficient (Wildman–Crippen LogP) is 1.51. The molecule has 3 aliphatic heterocycles. The summed E-state index contributed by atoms with van der Waals surface area (Å²) in [5, 5.41) is 12.8. The molecule has 3 aliphatic rings. The monoisotopic (exact) mass is 481 g/mol. The molecule has 0 amide bonds. The van der Waals surface area contributed by atoms with Gasteiger partial charge in [0.25, 0.3) is 6.01 Å². The molecule has 0 saturated carbocycles. The van der Waals surface area contributed by atoms with Crippen LogP contribution < -0.4 is 10.1 Å². The SMILES string of the molecule is OC1COC2C(Oc3nc4nc(-c5ccc(C#CC6CC[NH2+]CC6)cc5)c(Cl)cc4[nH]3)COC12. The topological polar surface area (TPSA) is 106 Å². The van der Waals surface area contributed by atoms with Gasteiger partial charge in [0.05, 0.1) is 42.5 Å². The Morgan fingerprint density at radius 3 is 2.71 bits per heavy atom. The van der Waals surface area contributed by atoms with Crippen molar-refractivity contribution >= 4 is 22.8 Å². The number of aromatic amines is 1. The van der Waals surface area contributed by atoms with Gasteiger partial charge in [-0.1, -0.05) is 35.6 Å². The van der Waals surface area contributed by atoms with Crippen molar-refractivity contribution in [1.29, 1.82) is 0 Å². The molecule has 3 saturated heterocycles. The third kappa shape index (κ3) is 4.26. The van der Waals surface area contributed by atoms with Crippen molar-refractivity contribution in [3.05, 3.63) is 40.9 Å². The smallest absolute Gasteiger partial charge is 0.296 e. The first-order valence-corrected chi connectivity index (χ1v) is 12.1. The average Bonchev–Trinajstić information content (AvgIpc) is 3.55. The number of hydrogen-bond donors (Lipinski definition) is 3. The molecule has 0 radical (unpaired) electrons. The van der Waals surface area contributed by atoms with E-state index in [9.17, 15) is 5.11 Å². The van der Waals surface area contributed by atoms with Gasteiger partial charge in [0.1, 0.15) is 18.3 Å². The first-order chi connectivity index (χ1) is 16.6. The molecule has 0 aliphatic carbocycles. The fraction of sp³-hybridized carbons (Fsp3) is 0.440. The molecule has 3 fully saturated rings. The maximum atomic E-state index is 9.91. The third-order valence-corrected chi connectivity index (χ3v) is 6.96. The van der Waals surface area contributed by atoms with Crippen molar-refractivity contribution in [1.82, 2.24) is 15.0 Å². The maximum absolute atomic E-state index is 9.91. The van der Waals surface area contributed by atoms with Gasteiger partial charge in [-0.15, -0.1) is 0 Å². The molecule has 0 spiro atoms. The maximum Gasteiger partial charge on any atom is 0.296 e. The fourth-order valence-electron chi connectivity index (χ4n) is 4.81. The van der Waals surface area contributed by atoms with Gasteiger partial charge in [-0.2, -0.15) is 4.98 Å². The summed E-state index contributed by atoms with van der Waals surface area (Å²) < 4.78 is 17.2. The average molecular weight is 482 g/mol. The number of H-pyrrole nitrogens is 1. The summed E-state index contributed by atoms with van der Waals surface area (Å²) in [5.41, 5.74) is 3.73. The van der Waals surface area contributed by atoms with E-state index in [1.165, 1.54) is 0 Å². The van der Waals surface area contributed by atoms with Gasteiger partial charge in [-0.25, -0.2) is 4.98 Å². The Bertz CT molecular complexity index is 1250. The lowest BCUT2D eigenvalue weighted by Crippen LogP contribution is -2.86. The van der Waals surface area contributed by atoms with Crippen molar-refractivity contribution < 1.29 is 24.6 Å². The molecule has 9 heteroatoms. The number of nitrogens with one attached hydrogen (secondary N) is 1. The second-order valence-electron chi connectivity index (χ2n) is 9.04. The van der Waals surface area contributed by atoms with E-state index < -0.39 is 6.10 Å². The van der Waals surface area contributed by atoms with Gasteiger partial charge in [-0.3, -0.25) is 0 Å². The molecule has 4 N–H and O–H groups in total. The molecule has 4 unspecified atom stereocenters. The number of quaternary nitrogens is 1. The highest BCUT2D eigenvalue weighted by molar-refractivity contribution is 6.33. The van der Waals surface area contributed by atoms with E-state index in [1.807, 2.05) is 24.3 Å². The summed E-state index contributed by atoms with van der Waals surface area (Å²) in [6.45, 7) is 2.91. The number of fused-ring (bicyclic) bond motifs is 2. The van der Waals surface area contributed by atoms with Gasteiger partial charge < -0.3 is 29.6 Å². The van der Waals surface area contributed by atoms with Gasteiger partial charge in [-0.05, 0) is 18.2 Å². The summed E-state index contributed by atoms with van der Waals surface area (Å²) in [5.74, 6) is 7.21. The quantitative estimate of drug-likeness (QED) is 0.490. The molecule has 6 rings (SSSR count). The van der Waals surface area contributed by atoms with Gasteiger partial charge in [0.2, 0.25) is 0 Å². The van der Waals surface area contributed by atoms with E-state index in [-0.39, 0.29) is 24.9 Å². The van der Waals surface area contributed by atoms with Crippen LogP contribution in [0.2, 0.25) is 5.02 Å². The highest BCUT2D eigenvalue weighted by Crippen LogP contribution is 2.32. The lowest BCUT2D eigenvalue weighted by Gasteiger charge is -2.15. The van der Waals surface area contributed by atoms with Crippen LogP contribution in [0.3, 0.4) is 0 Å². The lowest BCUT2D eigenvalue weighted by atomic mass is 9.98. The molecule has 3 aromatic rings. The number of aromatic nitrogens is 3. The number of benzene rings is 1. The van der Waals surface area contributed by atoms with Crippen molar-refractivity contribution in [2.24, 2.45) is 5.92 Å². The van der Waals surface area contributed by atoms with E-state index in [0.29, 0.717) is 40.4 Å². The Morgan fingerprint density at radius 1 is 1.09 bits per heavy atom. The summed E-state index contributed by atoms with van der Waals surface area (Å²) in [6, 6.07) is 10.1. The Morgan fingerprint density at radius 2 is 1.88 bits per heavy atom. The van der Waals surface area contributed by atoms with Crippen LogP contribution in [-0.2, 0) is 9.47 Å². The zero-order valence-corrected chi connectivity index (χ0v) is 19.3. The highest BCUT2D eigenvalue weighted by atomic mass is 35.5. The number of halogens is 1. The van der Waals surface area contributed by atoms with Crippen LogP contribution in [0.1, 0.15) is 18.4 Å². The standard InChI is InChI=1S/C25H25ClN4O4/c26-17-11-18-24(30-25(28-18)34-20-13-33-22-19(31)12-32-23(20)22)29-21(17)16-5-3-14(4-6-16)1-2-15-7-9-27-10-8-15/h3-6,11,15,19-20,22-23,27,31H,7-10,12-13H2,(H,28,29,30)/p+1. The second kappa shape index (κ2) is 9.17. The molecule has 5 heterocycles. The number of hydrogen-bond acceptors (Lipinski definition) is 6. The number of imidazole rings is 1. The Kier molecular flexibility index (Phi) is 5.89. The van der Waals surface area contributed by atoms with E-state index in [2.05, 4.69) is 32.1 Å². The van der Waals surface area contributed by atoms with E-state index in [1.54, 1.807) is 6.07 Å². The van der Waals surface area contributed by atoms with E-state index >= 15 is 0 Å². The number of ether oxygens (including phenoxy) is 3. The third-order valence-electron chi connectivity index (χ3n) is 6.67. The normalized spacial score (nSPS) is 26.9. The van der Waals surface area contributed by atoms with Crippen LogP contribution in [0.4, 0.5) is 0 Å². The van der Waals surface area contributed by atoms with E-state index in [4.69, 9.17) is 25.8 Å². The number of aliphatic hydroxyl groups excluding tert-OH is 1. The minimum absolute atomic E-state index is 0.250. The van der Waals surface area contributed by atoms with Crippen LogP contribution in [0.15, 0.2) is 30.3 Å². The summed E-state index contributed by atoms with van der Waals surface area (Å²) in [7, 11) is 0. The molecule has 34 heavy (non-hydrogen) atoms.